The molecule has 146 valence electrons. The first-order chi connectivity index (χ1) is 13.7. The minimum Gasteiger partial charge on any atom is -0.491 e. The zero-order valence-corrected chi connectivity index (χ0v) is 15.8. The lowest BCUT2D eigenvalue weighted by Gasteiger charge is -2.29. The maximum atomic E-state index is 12.6. The number of ether oxygens (including phenoxy) is 3. The van der Waals surface area contributed by atoms with Gasteiger partial charge < -0.3 is 19.1 Å². The van der Waals surface area contributed by atoms with E-state index in [1.54, 1.807) is 13.1 Å². The Bertz CT molecular complexity index is 997. The number of aromatic nitrogens is 4. The molecule has 0 unspecified atom stereocenters. The number of nitrogens with one attached hydrogen (secondary N) is 1. The molecule has 2 aromatic heterocycles. The Balaban J connectivity index is 1.92. The van der Waals surface area contributed by atoms with Crippen LogP contribution >= 0.6 is 0 Å². The van der Waals surface area contributed by atoms with Crippen molar-refractivity contribution >= 4 is 22.7 Å². The van der Waals surface area contributed by atoms with Crippen molar-refractivity contribution in [2.45, 2.75) is 6.92 Å². The molecular weight excluding hydrogens is 362 g/mol. The Labute approximate surface area is 161 Å². The number of morpholine rings is 1. The number of esters is 1. The second-order valence-corrected chi connectivity index (χ2v) is 6.21. The first-order valence-corrected chi connectivity index (χ1v) is 9.11. The molecule has 0 atom stereocenters. The number of nitrogens with zero attached hydrogens (tertiary/aromatic N) is 4. The number of carbonyl (C=O) groups excluding carboxylic acids is 1. The molecule has 0 saturated carbocycles. The van der Waals surface area contributed by atoms with Crippen LogP contribution in [0, 0.1) is 0 Å². The first-order valence-electron chi connectivity index (χ1n) is 9.11. The number of methoxy groups -OCH3 is 1. The van der Waals surface area contributed by atoms with Crippen molar-refractivity contribution < 1.29 is 19.0 Å². The fraction of sp³-hybridized carbons (Fsp3) is 0.368. The van der Waals surface area contributed by atoms with Crippen molar-refractivity contribution in [3.63, 3.8) is 0 Å². The van der Waals surface area contributed by atoms with Crippen molar-refractivity contribution in [1.82, 2.24) is 20.2 Å². The summed E-state index contributed by atoms with van der Waals surface area (Å²) in [4.78, 5) is 23.9. The standard InChI is InChI=1S/C19H21N5O4/c1-3-28-19(25)15-16(26-2)18(24-7-9-27-10-8-24)22-17(21-15)12-5-4-6-14-13(12)11-20-23-14/h4-6,11H,3,7-10H2,1-2H3,(H,20,23). The van der Waals surface area contributed by atoms with Crippen LogP contribution in [0.1, 0.15) is 17.4 Å². The van der Waals surface area contributed by atoms with E-state index in [9.17, 15) is 4.79 Å². The summed E-state index contributed by atoms with van der Waals surface area (Å²) in [5.41, 5.74) is 1.74. The van der Waals surface area contributed by atoms with Crippen molar-refractivity contribution in [3.05, 3.63) is 30.1 Å². The maximum Gasteiger partial charge on any atom is 0.361 e. The quantitative estimate of drug-likeness (QED) is 0.668. The third-order valence-electron chi connectivity index (χ3n) is 4.56. The van der Waals surface area contributed by atoms with Crippen LogP contribution < -0.4 is 9.64 Å². The van der Waals surface area contributed by atoms with Crippen molar-refractivity contribution in [1.29, 1.82) is 0 Å². The highest BCUT2D eigenvalue weighted by atomic mass is 16.5. The van der Waals surface area contributed by atoms with Crippen LogP contribution in [0.25, 0.3) is 22.3 Å². The van der Waals surface area contributed by atoms with Crippen LogP contribution in [0.3, 0.4) is 0 Å². The zero-order chi connectivity index (χ0) is 19.5. The normalized spacial score (nSPS) is 14.3. The predicted molar refractivity (Wildman–Crippen MR) is 103 cm³/mol. The van der Waals surface area contributed by atoms with Gasteiger partial charge in [0.15, 0.2) is 23.1 Å². The molecule has 1 aliphatic heterocycles. The van der Waals surface area contributed by atoms with Gasteiger partial charge in [-0.05, 0) is 13.0 Å². The highest BCUT2D eigenvalue weighted by Gasteiger charge is 2.27. The van der Waals surface area contributed by atoms with Crippen molar-refractivity contribution in [2.75, 3.05) is 44.9 Å². The van der Waals surface area contributed by atoms with E-state index >= 15 is 0 Å². The van der Waals surface area contributed by atoms with E-state index in [1.807, 2.05) is 23.1 Å². The van der Waals surface area contributed by atoms with Gasteiger partial charge in [-0.2, -0.15) is 5.10 Å². The molecule has 9 heteroatoms. The number of aromatic amines is 1. The van der Waals surface area contributed by atoms with Crippen LogP contribution in [-0.2, 0) is 9.47 Å². The average molecular weight is 383 g/mol. The maximum absolute atomic E-state index is 12.6. The van der Waals surface area contributed by atoms with Crippen molar-refractivity contribution in [3.8, 4) is 17.1 Å². The van der Waals surface area contributed by atoms with E-state index < -0.39 is 5.97 Å². The lowest BCUT2D eigenvalue weighted by Crippen LogP contribution is -2.37. The number of carbonyl (C=O) groups is 1. The number of benzene rings is 1. The summed E-state index contributed by atoms with van der Waals surface area (Å²) >= 11 is 0. The van der Waals surface area contributed by atoms with Gasteiger partial charge in [0.1, 0.15) is 0 Å². The summed E-state index contributed by atoms with van der Waals surface area (Å²) in [6.07, 6.45) is 1.72. The summed E-state index contributed by atoms with van der Waals surface area (Å²) in [6, 6.07) is 5.71. The van der Waals surface area contributed by atoms with Gasteiger partial charge in [0.2, 0.25) is 0 Å². The smallest absolute Gasteiger partial charge is 0.361 e. The van der Waals surface area contributed by atoms with E-state index in [2.05, 4.69) is 15.2 Å². The predicted octanol–water partition coefficient (Wildman–Crippen LogP) is 2.04. The van der Waals surface area contributed by atoms with E-state index in [0.29, 0.717) is 43.7 Å². The van der Waals surface area contributed by atoms with Gasteiger partial charge in [-0.15, -0.1) is 0 Å². The Morgan fingerprint density at radius 2 is 2.11 bits per heavy atom. The largest absolute Gasteiger partial charge is 0.491 e. The molecule has 28 heavy (non-hydrogen) atoms. The van der Waals surface area contributed by atoms with Gasteiger partial charge in [-0.1, -0.05) is 12.1 Å². The molecule has 9 nitrogen and oxygen atoms in total. The van der Waals surface area contributed by atoms with E-state index in [1.165, 1.54) is 7.11 Å². The molecular formula is C19H21N5O4. The van der Waals surface area contributed by atoms with Gasteiger partial charge >= 0.3 is 5.97 Å². The molecule has 4 rings (SSSR count). The van der Waals surface area contributed by atoms with Crippen molar-refractivity contribution in [2.24, 2.45) is 0 Å². The molecule has 3 aromatic rings. The SMILES string of the molecule is CCOC(=O)c1nc(-c2cccc3[nH]ncc23)nc(N2CCOCC2)c1OC. The van der Waals surface area contributed by atoms with E-state index in [0.717, 1.165) is 16.5 Å². The molecule has 1 aliphatic rings. The number of hydrogen-bond donors (Lipinski definition) is 1. The molecule has 1 fully saturated rings. The molecule has 1 saturated heterocycles. The lowest BCUT2D eigenvalue weighted by molar-refractivity contribution is 0.0515. The monoisotopic (exact) mass is 383 g/mol. The third kappa shape index (κ3) is 3.24. The average Bonchev–Trinajstić information content (AvgIpc) is 3.22. The van der Waals surface area contributed by atoms with Gasteiger partial charge in [-0.25, -0.2) is 14.8 Å². The minimum atomic E-state index is -0.545. The van der Waals surface area contributed by atoms with E-state index in [-0.39, 0.29) is 12.3 Å². The van der Waals surface area contributed by atoms with Gasteiger partial charge in [-0.3, -0.25) is 5.10 Å². The second-order valence-electron chi connectivity index (χ2n) is 6.21. The molecule has 0 amide bonds. The molecule has 0 bridgehead atoms. The van der Waals surface area contributed by atoms with Crippen LogP contribution in [0.4, 0.5) is 5.82 Å². The Morgan fingerprint density at radius 3 is 2.86 bits per heavy atom. The molecule has 1 aromatic carbocycles. The zero-order valence-electron chi connectivity index (χ0n) is 15.8. The van der Waals surface area contributed by atoms with Crippen LogP contribution in [0.2, 0.25) is 0 Å². The number of rotatable bonds is 5. The van der Waals surface area contributed by atoms with E-state index in [4.69, 9.17) is 19.2 Å². The van der Waals surface area contributed by atoms with Crippen LogP contribution in [0.15, 0.2) is 24.4 Å². The Kier molecular flexibility index (Phi) is 5.07. The second kappa shape index (κ2) is 7.81. The number of H-pyrrole nitrogens is 1. The van der Waals surface area contributed by atoms with Gasteiger partial charge in [0.25, 0.3) is 0 Å². The highest BCUT2D eigenvalue weighted by molar-refractivity contribution is 5.96. The molecule has 0 aliphatic carbocycles. The number of fused-ring (bicyclic) bond motifs is 1. The lowest BCUT2D eigenvalue weighted by atomic mass is 10.1. The molecule has 3 heterocycles. The van der Waals surface area contributed by atoms with Gasteiger partial charge in [0.05, 0.1) is 38.6 Å². The summed E-state index contributed by atoms with van der Waals surface area (Å²) in [6.45, 7) is 4.44. The first kappa shape index (κ1) is 18.2. The fourth-order valence-electron chi connectivity index (χ4n) is 3.24. The fourth-order valence-corrected chi connectivity index (χ4v) is 3.24. The number of hydrogen-bond acceptors (Lipinski definition) is 8. The summed E-state index contributed by atoms with van der Waals surface area (Å²) < 4.78 is 16.2. The van der Waals surface area contributed by atoms with Crippen LogP contribution in [-0.4, -0.2) is 66.2 Å². The third-order valence-corrected chi connectivity index (χ3v) is 4.56. The molecule has 0 radical (unpaired) electrons. The highest BCUT2D eigenvalue weighted by Crippen LogP contribution is 2.34. The summed E-state index contributed by atoms with van der Waals surface area (Å²) in [5, 5.41) is 7.91. The molecule has 1 N–H and O–H groups in total. The topological polar surface area (TPSA) is 102 Å². The van der Waals surface area contributed by atoms with Gasteiger partial charge in [0, 0.05) is 24.0 Å². The summed E-state index contributed by atoms with van der Waals surface area (Å²) in [5.74, 6) is 0.733. The minimum absolute atomic E-state index is 0.108. The number of anilines is 1. The van der Waals surface area contributed by atoms with Crippen LogP contribution in [0.5, 0.6) is 5.75 Å². The summed E-state index contributed by atoms with van der Waals surface area (Å²) in [7, 11) is 1.50. The Morgan fingerprint density at radius 1 is 1.29 bits per heavy atom. The molecule has 0 spiro atoms. The Hall–Kier alpha value is -3.20.